The molecule has 0 spiro atoms. The number of carbonyl (C=O) groups is 2. The van der Waals surface area contributed by atoms with E-state index < -0.39 is 62.4 Å². The summed E-state index contributed by atoms with van der Waals surface area (Å²) >= 11 is 0. The fourth-order valence-electron chi connectivity index (χ4n) is 4.99. The molecule has 0 aliphatic heterocycles. The lowest BCUT2D eigenvalue weighted by Gasteiger charge is -2.19. The van der Waals surface area contributed by atoms with Crippen LogP contribution in [0.2, 0.25) is 0 Å². The van der Waals surface area contributed by atoms with Gasteiger partial charge in [0, 0.05) is 75.7 Å². The fraction of sp³-hybridized carbons (Fsp3) is 0.267. The second-order valence-corrected chi connectivity index (χ2v) is 15.7. The Morgan fingerprint density at radius 3 is 1.43 bits per heavy atom. The SMILES string of the molecule is C=C(C)C(=O)NCCCNS(=O)(=O)c1cc(S(=O)(=O)NCCCNC(=O)C(=C)C)c2ccc3c(S(=O)(=O)O)cc(O)c4ccc1c2c43. The summed E-state index contributed by atoms with van der Waals surface area (Å²) in [5.41, 5.74) is 0.558. The Labute approximate surface area is 272 Å². The van der Waals surface area contributed by atoms with Gasteiger partial charge in [0.05, 0.1) is 9.79 Å². The van der Waals surface area contributed by atoms with E-state index in [9.17, 15) is 44.5 Å². The van der Waals surface area contributed by atoms with E-state index >= 15 is 0 Å². The summed E-state index contributed by atoms with van der Waals surface area (Å²) in [6.45, 7) is 10.1. The van der Waals surface area contributed by atoms with E-state index in [0.29, 0.717) is 0 Å². The van der Waals surface area contributed by atoms with E-state index in [0.717, 1.165) is 12.1 Å². The fourth-order valence-corrected chi connectivity index (χ4v) is 8.37. The summed E-state index contributed by atoms with van der Waals surface area (Å²) in [6.07, 6.45) is 0.370. The molecule has 0 saturated carbocycles. The highest BCUT2D eigenvalue weighted by Gasteiger charge is 2.29. The molecule has 47 heavy (non-hydrogen) atoms. The molecule has 252 valence electrons. The Kier molecular flexibility index (Phi) is 10.3. The average Bonchev–Trinajstić information content (AvgIpc) is 2.98. The van der Waals surface area contributed by atoms with Crippen LogP contribution in [0.5, 0.6) is 5.75 Å². The van der Waals surface area contributed by atoms with Crippen LogP contribution in [0.4, 0.5) is 0 Å². The second kappa shape index (κ2) is 13.5. The second-order valence-electron chi connectivity index (χ2n) is 10.9. The molecule has 4 aromatic rings. The first-order valence-electron chi connectivity index (χ1n) is 14.2. The van der Waals surface area contributed by atoms with Gasteiger partial charge in [0.25, 0.3) is 10.1 Å². The summed E-state index contributed by atoms with van der Waals surface area (Å²) < 4.78 is 94.1. The van der Waals surface area contributed by atoms with Gasteiger partial charge in [-0.2, -0.15) is 8.42 Å². The standard InChI is InChI=1S/C30H34N4O10S3/c1-17(2)29(36)31-11-5-13-33-45(38,39)24-16-25(46(40,41)34-14-6-12-32-30(37)18(3)4)21-9-10-22-26(47(42,43)44)15-23(35)19-7-8-20(24)28(21)27(19)22/h7-10,15-16,33-35H,1,3,5-6,11-14H2,2,4H3,(H,31,36)(H,32,37)(H,42,43,44). The summed E-state index contributed by atoms with van der Waals surface area (Å²) in [5, 5.41) is 16.0. The maximum absolute atomic E-state index is 13.7. The average molecular weight is 707 g/mol. The Balaban J connectivity index is 1.85. The van der Waals surface area contributed by atoms with Gasteiger partial charge in [-0.05, 0) is 38.8 Å². The number of nitrogens with one attached hydrogen (secondary N) is 4. The van der Waals surface area contributed by atoms with Crippen molar-refractivity contribution in [3.05, 3.63) is 60.7 Å². The molecule has 0 unspecified atom stereocenters. The minimum atomic E-state index is -4.88. The van der Waals surface area contributed by atoms with Gasteiger partial charge in [-0.1, -0.05) is 31.4 Å². The van der Waals surface area contributed by atoms with Crippen molar-refractivity contribution in [1.29, 1.82) is 0 Å². The monoisotopic (exact) mass is 706 g/mol. The molecule has 14 nitrogen and oxygen atoms in total. The minimum Gasteiger partial charge on any atom is -0.507 e. The number of aromatic hydroxyl groups is 1. The lowest BCUT2D eigenvalue weighted by atomic mass is 9.94. The topological polar surface area (TPSA) is 225 Å². The Morgan fingerprint density at radius 1 is 0.638 bits per heavy atom. The normalized spacial score (nSPS) is 12.5. The molecule has 0 radical (unpaired) electrons. The molecular formula is C30H34N4O10S3. The van der Waals surface area contributed by atoms with Crippen LogP contribution < -0.4 is 20.1 Å². The van der Waals surface area contributed by atoms with Crippen molar-refractivity contribution < 1.29 is 44.5 Å². The zero-order valence-corrected chi connectivity index (χ0v) is 28.0. The zero-order valence-electron chi connectivity index (χ0n) is 25.5. The van der Waals surface area contributed by atoms with Gasteiger partial charge in [0.15, 0.2) is 0 Å². The first-order valence-corrected chi connectivity index (χ1v) is 18.6. The molecule has 0 fully saturated rings. The Hall–Kier alpha value is -4.13. The van der Waals surface area contributed by atoms with Crippen LogP contribution in [0.3, 0.4) is 0 Å². The molecule has 6 N–H and O–H groups in total. The molecule has 4 rings (SSSR count). The Morgan fingerprint density at radius 2 is 1.02 bits per heavy atom. The van der Waals surface area contributed by atoms with E-state index in [-0.39, 0.29) is 82.5 Å². The van der Waals surface area contributed by atoms with Crippen LogP contribution in [0.1, 0.15) is 26.7 Å². The third-order valence-corrected chi connectivity index (χ3v) is 11.2. The molecule has 0 saturated heterocycles. The van der Waals surface area contributed by atoms with Gasteiger partial charge in [-0.25, -0.2) is 26.3 Å². The lowest BCUT2D eigenvalue weighted by Crippen LogP contribution is -2.31. The van der Waals surface area contributed by atoms with E-state index in [2.05, 4.69) is 33.2 Å². The third kappa shape index (κ3) is 7.55. The summed E-state index contributed by atoms with van der Waals surface area (Å²) in [7, 11) is -13.8. The van der Waals surface area contributed by atoms with Crippen LogP contribution in [-0.2, 0) is 39.8 Å². The maximum atomic E-state index is 13.7. The first kappa shape index (κ1) is 35.7. The van der Waals surface area contributed by atoms with Crippen molar-refractivity contribution in [1.82, 2.24) is 20.1 Å². The smallest absolute Gasteiger partial charge is 0.295 e. The number of benzene rings is 4. The third-order valence-electron chi connectivity index (χ3n) is 7.26. The van der Waals surface area contributed by atoms with Crippen LogP contribution >= 0.6 is 0 Å². The van der Waals surface area contributed by atoms with Gasteiger partial charge in [-0.3, -0.25) is 14.1 Å². The van der Waals surface area contributed by atoms with Crippen LogP contribution in [0, 0.1) is 0 Å². The van der Waals surface area contributed by atoms with E-state index in [1.54, 1.807) is 0 Å². The lowest BCUT2D eigenvalue weighted by molar-refractivity contribution is -0.118. The van der Waals surface area contributed by atoms with Gasteiger partial charge in [0.2, 0.25) is 31.9 Å². The molecule has 0 atom stereocenters. The highest BCUT2D eigenvalue weighted by molar-refractivity contribution is 7.90. The van der Waals surface area contributed by atoms with Crippen molar-refractivity contribution in [2.45, 2.75) is 41.4 Å². The molecule has 0 aromatic heterocycles. The predicted molar refractivity (Wildman–Crippen MR) is 177 cm³/mol. The van der Waals surface area contributed by atoms with Crippen molar-refractivity contribution in [2.75, 3.05) is 26.2 Å². The largest absolute Gasteiger partial charge is 0.507 e. The highest BCUT2D eigenvalue weighted by atomic mass is 32.2. The summed E-state index contributed by atoms with van der Waals surface area (Å²) in [6, 6.07) is 7.14. The molecule has 17 heteroatoms. The molecule has 0 bridgehead atoms. The number of hydrogen-bond donors (Lipinski definition) is 6. The molecule has 0 aliphatic carbocycles. The van der Waals surface area contributed by atoms with Crippen molar-refractivity contribution >= 4 is 74.3 Å². The van der Waals surface area contributed by atoms with Crippen LogP contribution in [0.25, 0.3) is 32.3 Å². The van der Waals surface area contributed by atoms with Crippen LogP contribution in [0.15, 0.2) is 75.4 Å². The van der Waals surface area contributed by atoms with Crippen molar-refractivity contribution in [2.24, 2.45) is 0 Å². The number of carbonyl (C=O) groups excluding carboxylic acids is 2. The molecule has 0 aliphatic rings. The number of amides is 2. The van der Waals surface area contributed by atoms with E-state index in [1.165, 1.54) is 38.1 Å². The first-order chi connectivity index (χ1) is 21.9. The maximum Gasteiger partial charge on any atom is 0.295 e. The summed E-state index contributed by atoms with van der Waals surface area (Å²) in [5.74, 6) is -1.33. The van der Waals surface area contributed by atoms with Crippen LogP contribution in [-0.4, -0.2) is 72.9 Å². The highest BCUT2D eigenvalue weighted by Crippen LogP contribution is 2.44. The molecular weight excluding hydrogens is 673 g/mol. The van der Waals surface area contributed by atoms with E-state index in [4.69, 9.17) is 0 Å². The number of sulfonamides is 2. The summed E-state index contributed by atoms with van der Waals surface area (Å²) in [4.78, 5) is 21.9. The zero-order chi connectivity index (χ0) is 34.9. The number of rotatable bonds is 15. The quantitative estimate of drug-likeness (QED) is 0.0458. The molecule has 0 heterocycles. The van der Waals surface area contributed by atoms with Gasteiger partial charge >= 0.3 is 0 Å². The number of hydrogen-bond acceptors (Lipinski definition) is 9. The van der Waals surface area contributed by atoms with Crippen molar-refractivity contribution in [3.8, 4) is 5.75 Å². The van der Waals surface area contributed by atoms with Gasteiger partial charge in [-0.15, -0.1) is 0 Å². The van der Waals surface area contributed by atoms with Crippen molar-refractivity contribution in [3.63, 3.8) is 0 Å². The van der Waals surface area contributed by atoms with Gasteiger partial charge in [0.1, 0.15) is 10.6 Å². The Bertz CT molecular complexity index is 2180. The number of phenolic OH excluding ortho intramolecular Hbond substituents is 1. The predicted octanol–water partition coefficient (Wildman–Crippen LogP) is 2.26. The minimum absolute atomic E-state index is 0.0196. The molecule has 2 amide bonds. The molecule has 4 aromatic carbocycles. The number of phenols is 1. The van der Waals surface area contributed by atoms with E-state index in [1.807, 2.05) is 0 Å². The van der Waals surface area contributed by atoms with Gasteiger partial charge < -0.3 is 15.7 Å².